The Morgan fingerprint density at radius 3 is 1.68 bits per heavy atom. The molecule has 0 aliphatic heterocycles. The fourth-order valence-electron chi connectivity index (χ4n) is 7.96. The summed E-state index contributed by atoms with van der Waals surface area (Å²) in [7, 11) is 0. The third-order valence-corrected chi connectivity index (χ3v) is 11.2. The van der Waals surface area contributed by atoms with Gasteiger partial charge in [0.2, 0.25) is 0 Å². The van der Waals surface area contributed by atoms with E-state index in [1.165, 1.54) is 66.7 Å². The molecule has 216 valence electrons. The van der Waals surface area contributed by atoms with Crippen molar-refractivity contribution in [3.8, 4) is 22.3 Å². The highest BCUT2D eigenvalue weighted by molar-refractivity contribution is 5.96. The summed E-state index contributed by atoms with van der Waals surface area (Å²) in [5.41, 5.74) is 14.5. The van der Waals surface area contributed by atoms with E-state index < -0.39 is 0 Å². The minimum atomic E-state index is -0.0560. The van der Waals surface area contributed by atoms with Crippen LogP contribution in [0.15, 0.2) is 127 Å². The van der Waals surface area contributed by atoms with Crippen molar-refractivity contribution in [3.05, 3.63) is 150 Å². The van der Waals surface area contributed by atoms with Gasteiger partial charge in [0.05, 0.1) is 0 Å². The fourth-order valence-corrected chi connectivity index (χ4v) is 7.96. The van der Waals surface area contributed by atoms with Crippen LogP contribution in [0.2, 0.25) is 0 Å². The van der Waals surface area contributed by atoms with E-state index in [1.54, 1.807) is 0 Å². The zero-order chi connectivity index (χ0) is 30.4. The van der Waals surface area contributed by atoms with Crippen molar-refractivity contribution in [2.45, 2.75) is 57.8 Å². The molecule has 0 unspecified atom stereocenters. The number of anilines is 3. The summed E-state index contributed by atoms with van der Waals surface area (Å²) in [4.78, 5) is 2.43. The lowest BCUT2D eigenvalue weighted by atomic mass is 9.55. The monoisotopic (exact) mass is 569 g/mol. The molecule has 0 heterocycles. The van der Waals surface area contributed by atoms with E-state index in [1.807, 2.05) is 0 Å². The quantitative estimate of drug-likeness (QED) is 0.205. The molecule has 6 aromatic rings. The van der Waals surface area contributed by atoms with Gasteiger partial charge < -0.3 is 4.90 Å². The first-order valence-corrected chi connectivity index (χ1v) is 15.9. The number of hydrogen-bond donors (Lipinski definition) is 0. The van der Waals surface area contributed by atoms with Gasteiger partial charge in [-0.25, -0.2) is 0 Å². The van der Waals surface area contributed by atoms with Crippen LogP contribution in [0.5, 0.6) is 0 Å². The van der Waals surface area contributed by atoms with Crippen LogP contribution in [0, 0.1) is 0 Å². The maximum Gasteiger partial charge on any atom is 0.0468 e. The molecule has 2 aliphatic carbocycles. The summed E-state index contributed by atoms with van der Waals surface area (Å²) in [6.07, 6.45) is 0. The predicted molar refractivity (Wildman–Crippen MR) is 188 cm³/mol. The molecule has 0 atom stereocenters. The minimum Gasteiger partial charge on any atom is -0.310 e. The third-order valence-electron chi connectivity index (χ3n) is 11.2. The number of nitrogens with zero attached hydrogens (tertiary/aromatic N) is 1. The summed E-state index contributed by atoms with van der Waals surface area (Å²) < 4.78 is 0. The van der Waals surface area contributed by atoms with Gasteiger partial charge in [-0.3, -0.25) is 0 Å². The van der Waals surface area contributed by atoms with Crippen molar-refractivity contribution in [1.29, 1.82) is 0 Å². The molecule has 1 nitrogen and oxygen atoms in total. The van der Waals surface area contributed by atoms with Crippen LogP contribution in [0.1, 0.15) is 63.8 Å². The summed E-state index contributed by atoms with van der Waals surface area (Å²) >= 11 is 0. The van der Waals surface area contributed by atoms with Gasteiger partial charge in [0.25, 0.3) is 0 Å². The number of hydrogen-bond acceptors (Lipinski definition) is 1. The van der Waals surface area contributed by atoms with Crippen molar-refractivity contribution in [1.82, 2.24) is 0 Å². The molecule has 0 radical (unpaired) electrons. The fraction of sp³-hybridized carbons (Fsp3) is 0.209. The molecule has 0 N–H and O–H groups in total. The Kier molecular flexibility index (Phi) is 5.63. The van der Waals surface area contributed by atoms with Crippen molar-refractivity contribution >= 4 is 27.8 Å². The van der Waals surface area contributed by atoms with Gasteiger partial charge in [0, 0.05) is 22.5 Å². The molecule has 44 heavy (non-hydrogen) atoms. The number of benzene rings is 6. The molecule has 6 aromatic carbocycles. The maximum absolute atomic E-state index is 2.45. The molecule has 0 amide bonds. The molecular formula is C43H39N. The lowest BCUT2D eigenvalue weighted by Crippen LogP contribution is -2.43. The first-order chi connectivity index (χ1) is 21.1. The summed E-state index contributed by atoms with van der Waals surface area (Å²) in [5.74, 6) is 0. The Bertz CT molecular complexity index is 2090. The van der Waals surface area contributed by atoms with E-state index in [0.29, 0.717) is 0 Å². The lowest BCUT2D eigenvalue weighted by molar-refractivity contribution is 0.299. The highest BCUT2D eigenvalue weighted by atomic mass is 15.1. The average Bonchev–Trinajstić information content (AvgIpc) is 3.25. The molecule has 0 saturated heterocycles. The first kappa shape index (κ1) is 27.0. The second-order valence-corrected chi connectivity index (χ2v) is 14.3. The van der Waals surface area contributed by atoms with Crippen molar-refractivity contribution in [3.63, 3.8) is 0 Å². The van der Waals surface area contributed by atoms with Crippen LogP contribution in [-0.2, 0) is 16.2 Å². The Morgan fingerprint density at radius 2 is 0.932 bits per heavy atom. The number of rotatable bonds is 3. The van der Waals surface area contributed by atoms with Crippen LogP contribution in [0.25, 0.3) is 33.0 Å². The Balaban J connectivity index is 1.32. The lowest BCUT2D eigenvalue weighted by Gasteiger charge is -2.48. The van der Waals surface area contributed by atoms with E-state index in [2.05, 4.69) is 174 Å². The standard InChI is InChI=1S/C43H39N/c1-41(2)37-18-12-10-17-34(37)36-25-28-20-21-31(24-29(28)26-39(36)41)44(30-14-8-7-9-15-30)32-22-23-35-33-16-11-13-19-38(33)42(3,4)43(5,6)40(35)27-32/h7-27H,1-6H3. The first-order valence-electron chi connectivity index (χ1n) is 15.9. The molecule has 0 saturated carbocycles. The summed E-state index contributed by atoms with van der Waals surface area (Å²) in [6.45, 7) is 14.3. The highest BCUT2D eigenvalue weighted by Gasteiger charge is 2.46. The van der Waals surface area contributed by atoms with Gasteiger partial charge in [-0.1, -0.05) is 120 Å². The van der Waals surface area contributed by atoms with Crippen LogP contribution in [0.3, 0.4) is 0 Å². The molecule has 0 bridgehead atoms. The number of para-hydroxylation sites is 1. The van der Waals surface area contributed by atoms with E-state index in [0.717, 1.165) is 5.69 Å². The average molecular weight is 570 g/mol. The minimum absolute atomic E-state index is 0.0134. The Morgan fingerprint density at radius 1 is 0.364 bits per heavy atom. The van der Waals surface area contributed by atoms with E-state index in [9.17, 15) is 0 Å². The Hall–Kier alpha value is -4.62. The summed E-state index contributed by atoms with van der Waals surface area (Å²) in [6, 6.07) is 47.6. The summed E-state index contributed by atoms with van der Waals surface area (Å²) in [5, 5.41) is 2.55. The van der Waals surface area contributed by atoms with Crippen LogP contribution < -0.4 is 4.90 Å². The predicted octanol–water partition coefficient (Wildman–Crippen LogP) is 11.9. The SMILES string of the molecule is CC1(C)c2ccccc2-c2cc3ccc(N(c4ccccc4)c4ccc5c(c4)C(C)(C)C(C)(C)c4ccccc4-5)cc3cc21. The molecule has 8 rings (SSSR count). The van der Waals surface area contributed by atoms with E-state index >= 15 is 0 Å². The molecule has 0 fully saturated rings. The van der Waals surface area contributed by atoms with Crippen molar-refractivity contribution in [2.75, 3.05) is 4.90 Å². The third kappa shape index (κ3) is 3.65. The van der Waals surface area contributed by atoms with E-state index in [4.69, 9.17) is 0 Å². The van der Waals surface area contributed by atoms with E-state index in [-0.39, 0.29) is 16.2 Å². The smallest absolute Gasteiger partial charge is 0.0468 e. The van der Waals surface area contributed by atoms with Crippen LogP contribution >= 0.6 is 0 Å². The zero-order valence-corrected chi connectivity index (χ0v) is 26.6. The molecule has 2 aliphatic rings. The second kappa shape index (κ2) is 9.19. The van der Waals surface area contributed by atoms with Gasteiger partial charge in [0.1, 0.15) is 0 Å². The zero-order valence-electron chi connectivity index (χ0n) is 26.6. The van der Waals surface area contributed by atoms with Crippen molar-refractivity contribution in [2.24, 2.45) is 0 Å². The largest absolute Gasteiger partial charge is 0.310 e. The molecular weight excluding hydrogens is 530 g/mol. The normalized spacial score (nSPS) is 16.5. The molecule has 0 spiro atoms. The van der Waals surface area contributed by atoms with Gasteiger partial charge in [0.15, 0.2) is 0 Å². The van der Waals surface area contributed by atoms with Crippen LogP contribution in [-0.4, -0.2) is 0 Å². The van der Waals surface area contributed by atoms with Gasteiger partial charge >= 0.3 is 0 Å². The van der Waals surface area contributed by atoms with Gasteiger partial charge in [-0.15, -0.1) is 0 Å². The highest BCUT2D eigenvalue weighted by Crippen LogP contribution is 2.55. The van der Waals surface area contributed by atoms with Gasteiger partial charge in [-0.2, -0.15) is 0 Å². The maximum atomic E-state index is 2.45. The Labute approximate surface area is 261 Å². The van der Waals surface area contributed by atoms with Gasteiger partial charge in [-0.05, 0) is 115 Å². The topological polar surface area (TPSA) is 3.24 Å². The second-order valence-electron chi connectivity index (χ2n) is 14.3. The number of fused-ring (bicyclic) bond motifs is 7. The molecule has 0 aromatic heterocycles. The van der Waals surface area contributed by atoms with Crippen molar-refractivity contribution < 1.29 is 0 Å². The van der Waals surface area contributed by atoms with Crippen LogP contribution in [0.4, 0.5) is 17.1 Å². The molecule has 1 heteroatoms.